The van der Waals surface area contributed by atoms with Crippen LogP contribution in [0.15, 0.2) is 60.9 Å². The zero-order chi connectivity index (χ0) is 24.8. The monoisotopic (exact) mass is 523 g/mol. The van der Waals surface area contributed by atoms with Gasteiger partial charge in [0.1, 0.15) is 18.8 Å². The number of anilines is 1. The number of imidazole rings is 1. The molecule has 0 aliphatic carbocycles. The van der Waals surface area contributed by atoms with Crippen LogP contribution >= 0.6 is 22.9 Å². The van der Waals surface area contributed by atoms with Crippen LogP contribution in [0.1, 0.15) is 10.4 Å². The number of amides is 2. The van der Waals surface area contributed by atoms with Crippen molar-refractivity contribution < 1.29 is 22.8 Å². The van der Waals surface area contributed by atoms with Crippen molar-refractivity contribution >= 4 is 40.3 Å². The van der Waals surface area contributed by atoms with Gasteiger partial charge in [0, 0.05) is 28.9 Å². The number of urea groups is 1. The number of alkyl halides is 3. The quantitative estimate of drug-likeness (QED) is 0.195. The fraction of sp³-hybridized carbons (Fsp3) is 0.217. The Morgan fingerprint density at radius 3 is 2.80 bits per heavy atom. The first kappa shape index (κ1) is 25.0. The highest BCUT2D eigenvalue weighted by Gasteiger charge is 2.27. The van der Waals surface area contributed by atoms with Crippen LogP contribution in [0.3, 0.4) is 0 Å². The van der Waals surface area contributed by atoms with Gasteiger partial charge in [-0.1, -0.05) is 23.7 Å². The second-order valence-corrected chi connectivity index (χ2v) is 9.35. The van der Waals surface area contributed by atoms with Crippen LogP contribution in [-0.4, -0.2) is 34.7 Å². The SMILES string of the molecule is O=C(NCC(F)(F)F)Nc1cccc(-c2cnc3cc(CCNOCc4ccc(Cl)s4)ccn23)c1. The summed E-state index contributed by atoms with van der Waals surface area (Å²) in [5.74, 6) is 0. The lowest BCUT2D eigenvalue weighted by atomic mass is 10.1. The van der Waals surface area contributed by atoms with Crippen molar-refractivity contribution in [1.82, 2.24) is 20.2 Å². The third kappa shape index (κ3) is 7.18. The third-order valence-electron chi connectivity index (χ3n) is 4.90. The molecule has 0 saturated carbocycles. The standard InChI is InChI=1S/C23H21ClF3N5O2S/c24-20-5-4-18(35-20)13-34-30-8-6-15-7-9-32-19(12-28-21(32)10-15)16-2-1-3-17(11-16)31-22(33)29-14-23(25,26)27/h1-5,7,9-12,30H,6,8,13-14H2,(H2,29,31,33). The molecule has 3 aromatic heterocycles. The molecule has 35 heavy (non-hydrogen) atoms. The lowest BCUT2D eigenvalue weighted by Crippen LogP contribution is -2.36. The third-order valence-corrected chi connectivity index (χ3v) is 6.11. The predicted molar refractivity (Wildman–Crippen MR) is 130 cm³/mol. The summed E-state index contributed by atoms with van der Waals surface area (Å²) >= 11 is 7.38. The van der Waals surface area contributed by atoms with Gasteiger partial charge in [-0.15, -0.1) is 11.3 Å². The van der Waals surface area contributed by atoms with Gasteiger partial charge < -0.3 is 10.6 Å². The summed E-state index contributed by atoms with van der Waals surface area (Å²) in [5, 5.41) is 4.20. The molecular weight excluding hydrogens is 503 g/mol. The summed E-state index contributed by atoms with van der Waals surface area (Å²) in [6.45, 7) is -0.343. The minimum Gasteiger partial charge on any atom is -0.329 e. The van der Waals surface area contributed by atoms with Gasteiger partial charge in [-0.3, -0.25) is 9.24 Å². The second kappa shape index (κ2) is 11.1. The molecule has 4 rings (SSSR count). The van der Waals surface area contributed by atoms with Gasteiger partial charge in [0.15, 0.2) is 0 Å². The van der Waals surface area contributed by atoms with Crippen LogP contribution in [0.5, 0.6) is 0 Å². The molecule has 0 spiro atoms. The van der Waals surface area contributed by atoms with E-state index in [0.717, 1.165) is 38.1 Å². The second-order valence-electron chi connectivity index (χ2n) is 7.55. The molecule has 0 aliphatic heterocycles. The Labute approximate surface area is 207 Å². The van der Waals surface area contributed by atoms with Gasteiger partial charge in [-0.05, 0) is 48.4 Å². The molecule has 0 aliphatic rings. The maximum Gasteiger partial charge on any atom is 0.405 e. The average molecular weight is 524 g/mol. The van der Waals surface area contributed by atoms with E-state index in [4.69, 9.17) is 16.4 Å². The number of rotatable bonds is 9. The van der Waals surface area contributed by atoms with E-state index in [2.05, 4.69) is 15.8 Å². The molecule has 3 N–H and O–H groups in total. The number of carbonyl (C=O) groups is 1. The topological polar surface area (TPSA) is 79.7 Å². The molecule has 0 unspecified atom stereocenters. The largest absolute Gasteiger partial charge is 0.405 e. The Morgan fingerprint density at radius 2 is 2.03 bits per heavy atom. The number of aromatic nitrogens is 2. The molecule has 12 heteroatoms. The number of fused-ring (bicyclic) bond motifs is 1. The number of pyridine rings is 1. The average Bonchev–Trinajstić information content (AvgIpc) is 3.43. The fourth-order valence-corrected chi connectivity index (χ4v) is 4.32. The van der Waals surface area contributed by atoms with Gasteiger partial charge in [-0.2, -0.15) is 13.2 Å². The van der Waals surface area contributed by atoms with Gasteiger partial charge in [-0.25, -0.2) is 15.3 Å². The summed E-state index contributed by atoms with van der Waals surface area (Å²) in [6.07, 6.45) is -0.139. The van der Waals surface area contributed by atoms with Crippen molar-refractivity contribution in [2.75, 3.05) is 18.4 Å². The first-order valence-corrected chi connectivity index (χ1v) is 11.7. The number of nitrogens with one attached hydrogen (secondary N) is 3. The number of hydrogen-bond acceptors (Lipinski definition) is 5. The number of nitrogens with zero attached hydrogens (tertiary/aromatic N) is 2. The molecule has 0 atom stereocenters. The van der Waals surface area contributed by atoms with E-state index in [1.807, 2.05) is 40.9 Å². The lowest BCUT2D eigenvalue weighted by Gasteiger charge is -2.11. The van der Waals surface area contributed by atoms with E-state index < -0.39 is 18.8 Å². The van der Waals surface area contributed by atoms with Crippen molar-refractivity contribution in [3.63, 3.8) is 0 Å². The molecule has 0 saturated heterocycles. The highest BCUT2D eigenvalue weighted by atomic mass is 35.5. The minimum absolute atomic E-state index is 0.365. The van der Waals surface area contributed by atoms with E-state index in [1.54, 1.807) is 29.7 Å². The molecule has 0 bridgehead atoms. The number of hydroxylamine groups is 1. The molecule has 7 nitrogen and oxygen atoms in total. The molecule has 0 radical (unpaired) electrons. The fourth-order valence-electron chi connectivity index (χ4n) is 3.32. The van der Waals surface area contributed by atoms with E-state index in [0.29, 0.717) is 18.8 Å². The number of hydrogen-bond donors (Lipinski definition) is 3. The summed E-state index contributed by atoms with van der Waals surface area (Å²) in [5.41, 5.74) is 6.66. The molecule has 2 amide bonds. The van der Waals surface area contributed by atoms with Crippen molar-refractivity contribution in [3.05, 3.63) is 75.7 Å². The van der Waals surface area contributed by atoms with Crippen LogP contribution in [0, 0.1) is 0 Å². The van der Waals surface area contributed by atoms with Gasteiger partial charge in [0.2, 0.25) is 0 Å². The highest BCUT2D eigenvalue weighted by Crippen LogP contribution is 2.25. The van der Waals surface area contributed by atoms with Crippen molar-refractivity contribution in [1.29, 1.82) is 0 Å². The normalized spacial score (nSPS) is 11.7. The van der Waals surface area contributed by atoms with E-state index in [9.17, 15) is 18.0 Å². The zero-order valence-corrected chi connectivity index (χ0v) is 19.8. The minimum atomic E-state index is -4.48. The van der Waals surface area contributed by atoms with Crippen LogP contribution in [0.25, 0.3) is 16.9 Å². The van der Waals surface area contributed by atoms with Crippen LogP contribution < -0.4 is 16.1 Å². The Morgan fingerprint density at radius 1 is 1.17 bits per heavy atom. The lowest BCUT2D eigenvalue weighted by molar-refractivity contribution is -0.122. The van der Waals surface area contributed by atoms with E-state index in [1.165, 1.54) is 11.3 Å². The molecule has 1 aromatic carbocycles. The summed E-state index contributed by atoms with van der Waals surface area (Å²) in [6, 6.07) is 13.6. The smallest absolute Gasteiger partial charge is 0.329 e. The van der Waals surface area contributed by atoms with Gasteiger partial charge >= 0.3 is 12.2 Å². The summed E-state index contributed by atoms with van der Waals surface area (Å²) in [4.78, 5) is 22.7. The van der Waals surface area contributed by atoms with Gasteiger partial charge in [0.25, 0.3) is 0 Å². The number of benzene rings is 1. The molecular formula is C23H21ClF3N5O2S. The predicted octanol–water partition coefficient (Wildman–Crippen LogP) is 5.66. The van der Waals surface area contributed by atoms with Gasteiger partial charge in [0.05, 0.1) is 16.2 Å². The van der Waals surface area contributed by atoms with Crippen LogP contribution in [0.4, 0.5) is 23.7 Å². The first-order chi connectivity index (χ1) is 16.8. The van der Waals surface area contributed by atoms with Crippen molar-refractivity contribution in [2.24, 2.45) is 0 Å². The first-order valence-electron chi connectivity index (χ1n) is 10.5. The van der Waals surface area contributed by atoms with E-state index >= 15 is 0 Å². The van der Waals surface area contributed by atoms with Crippen molar-refractivity contribution in [2.45, 2.75) is 19.2 Å². The summed E-state index contributed by atoms with van der Waals surface area (Å²) in [7, 11) is 0. The Bertz CT molecular complexity index is 1310. The summed E-state index contributed by atoms with van der Waals surface area (Å²) < 4.78 is 39.5. The number of thiophene rings is 1. The molecule has 184 valence electrons. The number of halogens is 4. The Kier molecular flexibility index (Phi) is 7.91. The van der Waals surface area contributed by atoms with E-state index in [-0.39, 0.29) is 0 Å². The Balaban J connectivity index is 1.34. The van der Waals surface area contributed by atoms with Crippen molar-refractivity contribution in [3.8, 4) is 11.3 Å². The maximum absolute atomic E-state index is 12.3. The highest BCUT2D eigenvalue weighted by molar-refractivity contribution is 7.16. The Hall–Kier alpha value is -3.12. The van der Waals surface area contributed by atoms with Crippen LogP contribution in [-0.2, 0) is 17.9 Å². The zero-order valence-electron chi connectivity index (χ0n) is 18.2. The molecule has 3 heterocycles. The molecule has 4 aromatic rings. The van der Waals surface area contributed by atoms with Crippen LogP contribution in [0.2, 0.25) is 4.34 Å². The number of carbonyl (C=O) groups excluding carboxylic acids is 1. The molecule has 0 fully saturated rings. The maximum atomic E-state index is 12.3.